The molecule has 0 bridgehead atoms. The molecular weight excluding hydrogens is 511 g/mol. The zero-order valence-corrected chi connectivity index (χ0v) is 21.5. The lowest BCUT2D eigenvalue weighted by Crippen LogP contribution is -2.23. The first-order valence-electron chi connectivity index (χ1n) is 11.3. The van der Waals surface area contributed by atoms with Crippen LogP contribution in [0.15, 0.2) is 65.8 Å². The molecule has 37 heavy (non-hydrogen) atoms. The minimum atomic E-state index is -0.392. The van der Waals surface area contributed by atoms with E-state index in [1.54, 1.807) is 35.4 Å². The molecular formula is C27H20Cl2N6O2. The Balaban J connectivity index is 1.52. The fourth-order valence-corrected chi connectivity index (χ4v) is 4.59. The average molecular weight is 531 g/mol. The largest absolute Gasteiger partial charge is 0.486 e. The molecule has 8 nitrogen and oxygen atoms in total. The Labute approximate surface area is 222 Å². The van der Waals surface area contributed by atoms with Crippen molar-refractivity contribution in [3.8, 4) is 17.5 Å². The number of fused-ring (bicyclic) bond motifs is 1. The van der Waals surface area contributed by atoms with Gasteiger partial charge in [-0.05, 0) is 44.2 Å². The quantitative estimate of drug-likeness (QED) is 0.291. The number of ether oxygens (including phenoxy) is 1. The molecule has 10 heteroatoms. The highest BCUT2D eigenvalue weighted by atomic mass is 35.5. The second-order valence-electron chi connectivity index (χ2n) is 8.46. The zero-order valence-electron chi connectivity index (χ0n) is 19.9. The highest BCUT2D eigenvalue weighted by Gasteiger charge is 2.16. The maximum atomic E-state index is 12.6. The van der Waals surface area contributed by atoms with Crippen molar-refractivity contribution >= 4 is 34.1 Å². The van der Waals surface area contributed by atoms with Gasteiger partial charge in [0.25, 0.3) is 5.56 Å². The maximum absolute atomic E-state index is 12.6. The number of hydrogen-bond acceptors (Lipinski definition) is 6. The van der Waals surface area contributed by atoms with Gasteiger partial charge in [-0.3, -0.25) is 9.78 Å². The number of nitriles is 1. The van der Waals surface area contributed by atoms with Crippen LogP contribution in [0.3, 0.4) is 0 Å². The Morgan fingerprint density at radius 1 is 1.08 bits per heavy atom. The SMILES string of the molecule is Cc1cc(Cl)c(COc2cccc3c(-n4cc(Cl)cn4)cc(C)nc23)c(Cn2cccc(C#N)c2=O)n1. The normalized spacial score (nSPS) is 11.0. The lowest BCUT2D eigenvalue weighted by Gasteiger charge is -2.16. The second-order valence-corrected chi connectivity index (χ2v) is 9.31. The Morgan fingerprint density at radius 3 is 2.65 bits per heavy atom. The number of hydrogen-bond donors (Lipinski definition) is 0. The van der Waals surface area contributed by atoms with Crippen LogP contribution in [-0.4, -0.2) is 24.3 Å². The van der Waals surface area contributed by atoms with Crippen molar-refractivity contribution in [2.24, 2.45) is 0 Å². The topological polar surface area (TPSA) is 98.6 Å². The summed E-state index contributed by atoms with van der Waals surface area (Å²) in [5.74, 6) is 0.562. The van der Waals surface area contributed by atoms with Crippen LogP contribution in [-0.2, 0) is 13.2 Å². The standard InChI is InChI=1S/C27H20Cl2N6O2/c1-16-9-22(29)21(23(32-16)14-34-8-4-5-18(11-30)27(34)36)15-37-25-7-3-6-20-24(10-17(2)33-26(20)25)35-13-19(28)12-31-35/h3-10,12-13H,14-15H2,1-2H3. The molecule has 0 N–H and O–H groups in total. The molecule has 0 atom stereocenters. The number of rotatable bonds is 6. The Bertz CT molecular complexity index is 1750. The fraction of sp³-hybridized carbons (Fsp3) is 0.148. The van der Waals surface area contributed by atoms with Crippen molar-refractivity contribution in [1.29, 1.82) is 5.26 Å². The highest BCUT2D eigenvalue weighted by molar-refractivity contribution is 6.31. The van der Waals surface area contributed by atoms with E-state index >= 15 is 0 Å². The van der Waals surface area contributed by atoms with Gasteiger partial charge in [0.2, 0.25) is 0 Å². The summed E-state index contributed by atoms with van der Waals surface area (Å²) < 4.78 is 9.39. The average Bonchev–Trinajstić information content (AvgIpc) is 3.30. The molecule has 0 unspecified atom stereocenters. The molecule has 0 saturated carbocycles. The number of pyridine rings is 3. The molecule has 0 spiro atoms. The molecule has 4 aromatic heterocycles. The van der Waals surface area contributed by atoms with Gasteiger partial charge < -0.3 is 9.30 Å². The lowest BCUT2D eigenvalue weighted by molar-refractivity contribution is 0.307. The van der Waals surface area contributed by atoms with Crippen molar-refractivity contribution in [2.75, 3.05) is 0 Å². The summed E-state index contributed by atoms with van der Waals surface area (Å²) in [6.07, 6.45) is 4.93. The number of aromatic nitrogens is 5. The van der Waals surface area contributed by atoms with E-state index in [2.05, 4.69) is 10.1 Å². The number of aryl methyl sites for hydroxylation is 2. The van der Waals surface area contributed by atoms with E-state index < -0.39 is 5.56 Å². The first kappa shape index (κ1) is 24.5. The summed E-state index contributed by atoms with van der Waals surface area (Å²) >= 11 is 12.7. The van der Waals surface area contributed by atoms with Crippen molar-refractivity contribution in [1.82, 2.24) is 24.3 Å². The van der Waals surface area contributed by atoms with Crippen molar-refractivity contribution in [2.45, 2.75) is 27.0 Å². The van der Waals surface area contributed by atoms with Crippen LogP contribution in [0.25, 0.3) is 16.6 Å². The molecule has 0 aliphatic carbocycles. The summed E-state index contributed by atoms with van der Waals surface area (Å²) in [4.78, 5) is 22.0. The molecule has 0 fully saturated rings. The van der Waals surface area contributed by atoms with Crippen LogP contribution in [0.2, 0.25) is 10.0 Å². The van der Waals surface area contributed by atoms with E-state index in [0.29, 0.717) is 38.3 Å². The molecule has 0 aliphatic heterocycles. The Hall–Kier alpha value is -4.19. The van der Waals surface area contributed by atoms with Gasteiger partial charge in [-0.1, -0.05) is 35.3 Å². The van der Waals surface area contributed by atoms with E-state index in [-0.39, 0.29) is 18.7 Å². The highest BCUT2D eigenvalue weighted by Crippen LogP contribution is 2.31. The molecule has 0 radical (unpaired) electrons. The molecule has 184 valence electrons. The van der Waals surface area contributed by atoms with Gasteiger partial charge >= 0.3 is 0 Å². The number of para-hydroxylation sites is 1. The monoisotopic (exact) mass is 530 g/mol. The molecule has 0 aliphatic rings. The maximum Gasteiger partial charge on any atom is 0.268 e. The minimum absolute atomic E-state index is 0.0607. The number of nitrogens with zero attached hydrogens (tertiary/aromatic N) is 6. The second kappa shape index (κ2) is 10.1. The van der Waals surface area contributed by atoms with Crippen molar-refractivity contribution in [3.63, 3.8) is 0 Å². The van der Waals surface area contributed by atoms with Crippen LogP contribution < -0.4 is 10.3 Å². The summed E-state index contributed by atoms with van der Waals surface area (Å²) in [7, 11) is 0. The van der Waals surface area contributed by atoms with Crippen LogP contribution in [0.4, 0.5) is 0 Å². The van der Waals surface area contributed by atoms with Crippen LogP contribution in [0.5, 0.6) is 5.75 Å². The Kier molecular flexibility index (Phi) is 6.66. The van der Waals surface area contributed by atoms with Crippen LogP contribution >= 0.6 is 23.2 Å². The summed E-state index contributed by atoms with van der Waals surface area (Å²) in [5.41, 5.74) is 3.88. The zero-order chi connectivity index (χ0) is 26.1. The van der Waals surface area contributed by atoms with E-state index in [1.165, 1.54) is 10.6 Å². The predicted octanol–water partition coefficient (Wildman–Crippen LogP) is 5.40. The molecule has 1 aromatic carbocycles. The number of benzene rings is 1. The van der Waals surface area contributed by atoms with Gasteiger partial charge in [-0.25, -0.2) is 9.67 Å². The first-order chi connectivity index (χ1) is 17.8. The van der Waals surface area contributed by atoms with Gasteiger partial charge in [0, 0.05) is 34.7 Å². The molecule has 4 heterocycles. The third-order valence-electron chi connectivity index (χ3n) is 5.82. The molecule has 5 aromatic rings. The summed E-state index contributed by atoms with van der Waals surface area (Å²) in [5, 5.41) is 15.4. The molecule has 0 amide bonds. The minimum Gasteiger partial charge on any atom is -0.486 e. The lowest BCUT2D eigenvalue weighted by atomic mass is 10.1. The fourth-order valence-electron chi connectivity index (χ4n) is 4.13. The van der Waals surface area contributed by atoms with Gasteiger partial charge in [-0.15, -0.1) is 0 Å². The molecule has 0 saturated heterocycles. The van der Waals surface area contributed by atoms with Crippen molar-refractivity contribution in [3.05, 3.63) is 110 Å². The number of halogens is 2. The molecule has 5 rings (SSSR count). The van der Waals surface area contributed by atoms with Gasteiger partial charge in [0.15, 0.2) is 0 Å². The van der Waals surface area contributed by atoms with Crippen LogP contribution in [0, 0.1) is 25.2 Å². The first-order valence-corrected chi connectivity index (χ1v) is 12.1. The summed E-state index contributed by atoms with van der Waals surface area (Å²) in [6, 6.07) is 14.4. The smallest absolute Gasteiger partial charge is 0.268 e. The van der Waals surface area contributed by atoms with Crippen LogP contribution in [0.1, 0.15) is 28.2 Å². The van der Waals surface area contributed by atoms with E-state index in [4.69, 9.17) is 32.9 Å². The van der Waals surface area contributed by atoms with E-state index in [9.17, 15) is 10.1 Å². The van der Waals surface area contributed by atoms with Gasteiger partial charge in [0.1, 0.15) is 29.5 Å². The van der Waals surface area contributed by atoms with E-state index in [0.717, 1.165) is 16.8 Å². The van der Waals surface area contributed by atoms with E-state index in [1.807, 2.05) is 44.2 Å². The Morgan fingerprint density at radius 2 is 1.89 bits per heavy atom. The van der Waals surface area contributed by atoms with Crippen molar-refractivity contribution < 1.29 is 4.74 Å². The third-order valence-corrected chi connectivity index (χ3v) is 6.36. The van der Waals surface area contributed by atoms with Gasteiger partial charge in [-0.2, -0.15) is 10.4 Å². The predicted molar refractivity (Wildman–Crippen MR) is 141 cm³/mol. The van der Waals surface area contributed by atoms with Gasteiger partial charge in [0.05, 0.1) is 34.2 Å². The summed E-state index contributed by atoms with van der Waals surface area (Å²) in [6.45, 7) is 3.98. The third kappa shape index (κ3) is 4.92.